The Bertz CT molecular complexity index is 164. The van der Waals surface area contributed by atoms with Gasteiger partial charge in [0.05, 0.1) is 0 Å². The zero-order chi connectivity index (χ0) is 10.6. The first-order valence-corrected chi connectivity index (χ1v) is 5.52. The van der Waals surface area contributed by atoms with Crippen molar-refractivity contribution in [3.63, 3.8) is 0 Å². The fraction of sp³-hybridized carbons (Fsp3) is 1.00. The van der Waals surface area contributed by atoms with Gasteiger partial charge >= 0.3 is 0 Å². The van der Waals surface area contributed by atoms with E-state index in [4.69, 9.17) is 10.5 Å². The summed E-state index contributed by atoms with van der Waals surface area (Å²) in [6.45, 7) is 8.14. The van der Waals surface area contributed by atoms with Crippen molar-refractivity contribution in [3.05, 3.63) is 0 Å². The van der Waals surface area contributed by atoms with Gasteiger partial charge in [-0.1, -0.05) is 0 Å². The van der Waals surface area contributed by atoms with Crippen LogP contribution in [0.1, 0.15) is 26.7 Å². The van der Waals surface area contributed by atoms with Crippen molar-refractivity contribution >= 4 is 12.4 Å². The third-order valence-electron chi connectivity index (χ3n) is 2.59. The molecule has 0 aromatic rings. The van der Waals surface area contributed by atoms with Gasteiger partial charge in [-0.15, -0.1) is 12.4 Å². The number of hydrogen-bond acceptors (Lipinski definition) is 3. The average molecular weight is 237 g/mol. The van der Waals surface area contributed by atoms with E-state index in [1.165, 1.54) is 12.8 Å². The summed E-state index contributed by atoms with van der Waals surface area (Å²) < 4.78 is 5.34. The molecule has 2 N–H and O–H groups in total. The Morgan fingerprint density at radius 3 is 2.33 bits per heavy atom. The zero-order valence-corrected chi connectivity index (χ0v) is 11.0. The smallest absolute Gasteiger partial charge is 0.0469 e. The lowest BCUT2D eigenvalue weighted by Gasteiger charge is -2.31. The third kappa shape index (κ3) is 7.12. The molecular weight excluding hydrogens is 212 g/mol. The van der Waals surface area contributed by atoms with Crippen molar-refractivity contribution < 1.29 is 4.74 Å². The molecule has 92 valence electrons. The van der Waals surface area contributed by atoms with Gasteiger partial charge in [0.25, 0.3) is 0 Å². The van der Waals surface area contributed by atoms with Gasteiger partial charge in [0.1, 0.15) is 0 Å². The SMILES string of the molecule is CN(CC1CCOCC1)CC(C)(C)N.Cl. The standard InChI is InChI=1S/C11H24N2O.ClH/c1-11(2,12)9-13(3)8-10-4-6-14-7-5-10;/h10H,4-9,12H2,1-3H3;1H. The lowest BCUT2D eigenvalue weighted by atomic mass is 9.99. The van der Waals surface area contributed by atoms with E-state index < -0.39 is 0 Å². The van der Waals surface area contributed by atoms with Crippen molar-refractivity contribution in [2.75, 3.05) is 33.4 Å². The predicted octanol–water partition coefficient (Wildman–Crippen LogP) is 1.50. The molecule has 0 aromatic heterocycles. The minimum Gasteiger partial charge on any atom is -0.381 e. The van der Waals surface area contributed by atoms with Crippen LogP contribution in [0.25, 0.3) is 0 Å². The van der Waals surface area contributed by atoms with E-state index in [0.717, 1.165) is 32.2 Å². The molecule has 1 saturated heterocycles. The van der Waals surface area contributed by atoms with Crippen LogP contribution in [-0.2, 0) is 4.74 Å². The number of nitrogens with zero attached hydrogens (tertiary/aromatic N) is 1. The van der Waals surface area contributed by atoms with Crippen molar-refractivity contribution in [2.24, 2.45) is 11.7 Å². The van der Waals surface area contributed by atoms with Crippen LogP contribution in [0.3, 0.4) is 0 Å². The average Bonchev–Trinajstić information content (AvgIpc) is 2.02. The second-order valence-corrected chi connectivity index (χ2v) is 5.24. The fourth-order valence-electron chi connectivity index (χ4n) is 2.13. The molecule has 1 aliphatic heterocycles. The number of likely N-dealkylation sites (N-methyl/N-ethyl adjacent to an activating group) is 1. The second kappa shape index (κ2) is 6.69. The Morgan fingerprint density at radius 2 is 1.87 bits per heavy atom. The first-order chi connectivity index (χ1) is 6.47. The van der Waals surface area contributed by atoms with Crippen LogP contribution in [0.4, 0.5) is 0 Å². The van der Waals surface area contributed by atoms with E-state index in [0.29, 0.717) is 0 Å². The summed E-state index contributed by atoms with van der Waals surface area (Å²) in [5.74, 6) is 0.802. The molecular formula is C11H25ClN2O. The maximum atomic E-state index is 5.98. The van der Waals surface area contributed by atoms with Gasteiger partial charge in [-0.2, -0.15) is 0 Å². The van der Waals surface area contributed by atoms with E-state index in [9.17, 15) is 0 Å². The molecule has 4 heteroatoms. The maximum Gasteiger partial charge on any atom is 0.0469 e. The molecule has 1 heterocycles. The molecule has 0 unspecified atom stereocenters. The minimum atomic E-state index is -0.0834. The van der Waals surface area contributed by atoms with Gasteiger partial charge in [0, 0.05) is 31.8 Å². The molecule has 0 amide bonds. The third-order valence-corrected chi connectivity index (χ3v) is 2.59. The summed E-state index contributed by atoms with van der Waals surface area (Å²) in [7, 11) is 2.16. The first kappa shape index (κ1) is 15.2. The summed E-state index contributed by atoms with van der Waals surface area (Å²) in [6, 6.07) is 0. The van der Waals surface area contributed by atoms with E-state index >= 15 is 0 Å². The van der Waals surface area contributed by atoms with E-state index in [1.54, 1.807) is 0 Å². The highest BCUT2D eigenvalue weighted by molar-refractivity contribution is 5.85. The summed E-state index contributed by atoms with van der Waals surface area (Å²) in [5.41, 5.74) is 5.89. The maximum absolute atomic E-state index is 5.98. The van der Waals surface area contributed by atoms with Crippen LogP contribution in [0, 0.1) is 5.92 Å². The summed E-state index contributed by atoms with van der Waals surface area (Å²) in [5, 5.41) is 0. The number of ether oxygens (including phenoxy) is 1. The Labute approximate surface area is 99.7 Å². The van der Waals surface area contributed by atoms with Gasteiger partial charge < -0.3 is 15.4 Å². The monoisotopic (exact) mass is 236 g/mol. The fourth-order valence-corrected chi connectivity index (χ4v) is 2.13. The molecule has 3 nitrogen and oxygen atoms in total. The van der Waals surface area contributed by atoms with Crippen LogP contribution in [0.2, 0.25) is 0 Å². The van der Waals surface area contributed by atoms with E-state index in [1.807, 2.05) is 0 Å². The van der Waals surface area contributed by atoms with Crippen molar-refractivity contribution in [1.29, 1.82) is 0 Å². The molecule has 1 aliphatic rings. The number of rotatable bonds is 4. The molecule has 0 saturated carbocycles. The molecule has 1 rings (SSSR count). The molecule has 0 aliphatic carbocycles. The molecule has 0 spiro atoms. The topological polar surface area (TPSA) is 38.5 Å². The summed E-state index contributed by atoms with van der Waals surface area (Å²) in [4.78, 5) is 2.34. The molecule has 0 bridgehead atoms. The van der Waals surface area contributed by atoms with Crippen LogP contribution in [0.15, 0.2) is 0 Å². The zero-order valence-electron chi connectivity index (χ0n) is 10.2. The van der Waals surface area contributed by atoms with Gasteiger partial charge in [-0.3, -0.25) is 0 Å². The van der Waals surface area contributed by atoms with Gasteiger partial charge in [0.2, 0.25) is 0 Å². The normalized spacial score (nSPS) is 19.0. The lowest BCUT2D eigenvalue weighted by molar-refractivity contribution is 0.0539. The number of nitrogens with two attached hydrogens (primary N) is 1. The molecule has 0 aromatic carbocycles. The van der Waals surface area contributed by atoms with Crippen molar-refractivity contribution in [2.45, 2.75) is 32.2 Å². The molecule has 0 radical (unpaired) electrons. The van der Waals surface area contributed by atoms with Crippen LogP contribution in [-0.4, -0.2) is 43.8 Å². The Hall–Kier alpha value is 0.170. The number of hydrogen-bond donors (Lipinski definition) is 1. The highest BCUT2D eigenvalue weighted by Gasteiger charge is 2.19. The predicted molar refractivity (Wildman–Crippen MR) is 66.6 cm³/mol. The summed E-state index contributed by atoms with van der Waals surface area (Å²) >= 11 is 0. The van der Waals surface area contributed by atoms with Crippen molar-refractivity contribution in [1.82, 2.24) is 4.90 Å². The van der Waals surface area contributed by atoms with Crippen LogP contribution in [0.5, 0.6) is 0 Å². The number of halogens is 1. The van der Waals surface area contributed by atoms with Crippen LogP contribution < -0.4 is 5.73 Å². The quantitative estimate of drug-likeness (QED) is 0.804. The minimum absolute atomic E-state index is 0. The molecule has 1 fully saturated rings. The van der Waals surface area contributed by atoms with Gasteiger partial charge in [0.15, 0.2) is 0 Å². The molecule has 15 heavy (non-hydrogen) atoms. The first-order valence-electron chi connectivity index (χ1n) is 5.52. The Morgan fingerprint density at radius 1 is 1.33 bits per heavy atom. The summed E-state index contributed by atoms with van der Waals surface area (Å²) in [6.07, 6.45) is 2.41. The van der Waals surface area contributed by atoms with Crippen molar-refractivity contribution in [3.8, 4) is 0 Å². The largest absolute Gasteiger partial charge is 0.381 e. The van der Waals surface area contributed by atoms with E-state index in [2.05, 4.69) is 25.8 Å². The van der Waals surface area contributed by atoms with Gasteiger partial charge in [-0.25, -0.2) is 0 Å². The Balaban J connectivity index is 0.00000196. The Kier molecular flexibility index (Phi) is 6.76. The lowest BCUT2D eigenvalue weighted by Crippen LogP contribution is -2.45. The second-order valence-electron chi connectivity index (χ2n) is 5.24. The highest BCUT2D eigenvalue weighted by atomic mass is 35.5. The van der Waals surface area contributed by atoms with Crippen LogP contribution >= 0.6 is 12.4 Å². The van der Waals surface area contributed by atoms with E-state index in [-0.39, 0.29) is 17.9 Å². The molecule has 0 atom stereocenters. The van der Waals surface area contributed by atoms with Gasteiger partial charge in [-0.05, 0) is 39.7 Å². The highest BCUT2D eigenvalue weighted by Crippen LogP contribution is 2.16.